The number of amides is 1. The van der Waals surface area contributed by atoms with E-state index in [4.69, 9.17) is 0 Å². The van der Waals surface area contributed by atoms with Crippen molar-refractivity contribution in [2.45, 2.75) is 24.7 Å². The van der Waals surface area contributed by atoms with Crippen LogP contribution < -0.4 is 5.32 Å². The Morgan fingerprint density at radius 3 is 2.23 bits per heavy atom. The van der Waals surface area contributed by atoms with Gasteiger partial charge >= 0.3 is 0 Å². The van der Waals surface area contributed by atoms with Gasteiger partial charge in [0.05, 0.1) is 0 Å². The van der Waals surface area contributed by atoms with Gasteiger partial charge in [0.2, 0.25) is 5.91 Å². The van der Waals surface area contributed by atoms with Crippen LogP contribution in [0.2, 0.25) is 0 Å². The summed E-state index contributed by atoms with van der Waals surface area (Å²) in [5.74, 6) is 0.193. The summed E-state index contributed by atoms with van der Waals surface area (Å²) >= 11 is 0. The fraction of sp³-hybridized carbons (Fsp3) is 0.667. The fourth-order valence-electron chi connectivity index (χ4n) is 4.09. The summed E-state index contributed by atoms with van der Waals surface area (Å²) in [5.41, 5.74) is 1.45. The van der Waals surface area contributed by atoms with Gasteiger partial charge in [-0.3, -0.25) is 4.79 Å². The number of nitrogens with zero attached hydrogens (tertiary/aromatic N) is 3. The largest absolute Gasteiger partial charge is 0.355 e. The van der Waals surface area contributed by atoms with Crippen LogP contribution in [0.4, 0.5) is 0 Å². The number of carbonyl (C=O) groups excluding carboxylic acids is 1. The minimum Gasteiger partial charge on any atom is -0.355 e. The summed E-state index contributed by atoms with van der Waals surface area (Å²) in [4.78, 5) is 19.6. The van der Waals surface area contributed by atoms with Gasteiger partial charge in [0.1, 0.15) is 0 Å². The Balaban J connectivity index is 1.52. The Morgan fingerprint density at radius 2 is 1.58 bits per heavy atom. The van der Waals surface area contributed by atoms with Crippen molar-refractivity contribution >= 4 is 5.91 Å². The molecule has 0 atom stereocenters. The van der Waals surface area contributed by atoms with Crippen molar-refractivity contribution in [3.05, 3.63) is 35.9 Å². The van der Waals surface area contributed by atoms with E-state index in [1.54, 1.807) is 0 Å². The molecule has 2 heterocycles. The maximum absolute atomic E-state index is 12.5. The number of rotatable bonds is 6. The van der Waals surface area contributed by atoms with E-state index in [0.717, 1.165) is 65.2 Å². The van der Waals surface area contributed by atoms with Gasteiger partial charge in [-0.15, -0.1) is 0 Å². The zero-order chi connectivity index (χ0) is 18.4. The molecule has 0 radical (unpaired) electrons. The highest BCUT2D eigenvalue weighted by molar-refractivity contribution is 5.76. The molecule has 1 aromatic carbocycles. The Labute approximate surface area is 158 Å². The third-order valence-electron chi connectivity index (χ3n) is 6.21. The second-order valence-corrected chi connectivity index (χ2v) is 8.12. The summed E-state index contributed by atoms with van der Waals surface area (Å²) in [6.45, 7) is 8.16. The molecule has 0 aromatic heterocycles. The van der Waals surface area contributed by atoms with Crippen molar-refractivity contribution in [3.8, 4) is 0 Å². The van der Waals surface area contributed by atoms with Crippen LogP contribution in [0, 0.1) is 0 Å². The first-order valence-electron chi connectivity index (χ1n) is 9.99. The fourth-order valence-corrected chi connectivity index (χ4v) is 4.09. The molecule has 144 valence electrons. The number of hydrogen-bond acceptors (Lipinski definition) is 4. The molecule has 0 saturated carbocycles. The average molecular weight is 359 g/mol. The highest BCUT2D eigenvalue weighted by Crippen LogP contribution is 2.34. The Morgan fingerprint density at radius 1 is 0.962 bits per heavy atom. The lowest BCUT2D eigenvalue weighted by molar-refractivity contribution is -0.121. The maximum Gasteiger partial charge on any atom is 0.221 e. The molecule has 0 aliphatic carbocycles. The van der Waals surface area contributed by atoms with E-state index in [2.05, 4.69) is 64.4 Å². The third kappa shape index (κ3) is 5.06. The lowest BCUT2D eigenvalue weighted by Crippen LogP contribution is -2.49. The van der Waals surface area contributed by atoms with Gasteiger partial charge in [0, 0.05) is 51.1 Å². The number of piperazine rings is 1. The van der Waals surface area contributed by atoms with E-state index in [1.165, 1.54) is 5.56 Å². The molecule has 1 aromatic rings. The number of likely N-dealkylation sites (tertiary alicyclic amines) is 1. The molecule has 5 nitrogen and oxygen atoms in total. The van der Waals surface area contributed by atoms with Gasteiger partial charge in [-0.1, -0.05) is 30.3 Å². The molecule has 26 heavy (non-hydrogen) atoms. The Hall–Kier alpha value is -1.43. The Bertz CT molecular complexity index is 561. The average Bonchev–Trinajstić information content (AvgIpc) is 2.68. The summed E-state index contributed by atoms with van der Waals surface area (Å²) < 4.78 is 0. The topological polar surface area (TPSA) is 38.8 Å². The van der Waals surface area contributed by atoms with E-state index in [1.807, 2.05) is 0 Å². The molecule has 0 unspecified atom stereocenters. The zero-order valence-electron chi connectivity index (χ0n) is 16.4. The van der Waals surface area contributed by atoms with Crippen LogP contribution >= 0.6 is 0 Å². The van der Waals surface area contributed by atoms with Gasteiger partial charge < -0.3 is 20.0 Å². The molecule has 2 fully saturated rings. The first-order chi connectivity index (χ1) is 12.6. The molecular weight excluding hydrogens is 324 g/mol. The second-order valence-electron chi connectivity index (χ2n) is 8.12. The minimum atomic E-state index is 0.0806. The quantitative estimate of drug-likeness (QED) is 0.834. The monoisotopic (exact) mass is 358 g/mol. The summed E-state index contributed by atoms with van der Waals surface area (Å²) in [5, 5.41) is 3.26. The van der Waals surface area contributed by atoms with E-state index < -0.39 is 0 Å². The Kier molecular flexibility index (Phi) is 6.68. The van der Waals surface area contributed by atoms with Crippen LogP contribution in [-0.4, -0.2) is 87.1 Å². The normalized spacial score (nSPS) is 22.2. The van der Waals surface area contributed by atoms with Gasteiger partial charge in [0.25, 0.3) is 0 Å². The standard InChI is InChI=1S/C21H34N4O/c1-23-12-9-21(10-13-23,19-6-4-3-5-7-19)18-22-20(26)8-11-25-16-14-24(2)15-17-25/h3-7H,8-18H2,1-2H3,(H,22,26). The van der Waals surface area contributed by atoms with Gasteiger partial charge in [0.15, 0.2) is 0 Å². The molecule has 2 aliphatic rings. The smallest absolute Gasteiger partial charge is 0.221 e. The lowest BCUT2D eigenvalue weighted by atomic mass is 9.72. The third-order valence-corrected chi connectivity index (χ3v) is 6.21. The van der Waals surface area contributed by atoms with E-state index in [-0.39, 0.29) is 11.3 Å². The summed E-state index contributed by atoms with van der Waals surface area (Å²) in [6.07, 6.45) is 2.81. The van der Waals surface area contributed by atoms with Gasteiger partial charge in [-0.05, 0) is 45.6 Å². The number of benzene rings is 1. The van der Waals surface area contributed by atoms with Crippen LogP contribution in [0.5, 0.6) is 0 Å². The molecule has 3 rings (SSSR count). The van der Waals surface area contributed by atoms with Crippen molar-refractivity contribution in [3.63, 3.8) is 0 Å². The van der Waals surface area contributed by atoms with Crippen LogP contribution in [-0.2, 0) is 10.2 Å². The summed E-state index contributed by atoms with van der Waals surface area (Å²) in [7, 11) is 4.35. The van der Waals surface area contributed by atoms with Crippen molar-refractivity contribution in [1.82, 2.24) is 20.0 Å². The van der Waals surface area contributed by atoms with Gasteiger partial charge in [-0.2, -0.15) is 0 Å². The van der Waals surface area contributed by atoms with Crippen LogP contribution in [0.25, 0.3) is 0 Å². The molecule has 2 saturated heterocycles. The first-order valence-corrected chi connectivity index (χ1v) is 9.99. The highest BCUT2D eigenvalue weighted by Gasteiger charge is 2.35. The SMILES string of the molecule is CN1CCN(CCC(=O)NCC2(c3ccccc3)CCN(C)CC2)CC1. The molecular formula is C21H34N4O. The first kappa shape index (κ1) is 19.3. The van der Waals surface area contributed by atoms with E-state index in [9.17, 15) is 4.79 Å². The number of carbonyl (C=O) groups is 1. The van der Waals surface area contributed by atoms with Crippen LogP contribution in [0.1, 0.15) is 24.8 Å². The molecule has 1 amide bonds. The number of nitrogens with one attached hydrogen (secondary N) is 1. The van der Waals surface area contributed by atoms with Crippen molar-refractivity contribution in [2.75, 3.05) is 66.5 Å². The van der Waals surface area contributed by atoms with Gasteiger partial charge in [-0.25, -0.2) is 0 Å². The van der Waals surface area contributed by atoms with Crippen molar-refractivity contribution in [2.24, 2.45) is 0 Å². The number of likely N-dealkylation sites (N-methyl/N-ethyl adjacent to an activating group) is 1. The molecule has 5 heteroatoms. The molecule has 0 bridgehead atoms. The predicted molar refractivity (Wildman–Crippen MR) is 106 cm³/mol. The van der Waals surface area contributed by atoms with Crippen LogP contribution in [0.15, 0.2) is 30.3 Å². The lowest BCUT2D eigenvalue weighted by Gasteiger charge is -2.41. The second kappa shape index (κ2) is 8.98. The number of piperidine rings is 1. The zero-order valence-corrected chi connectivity index (χ0v) is 16.4. The highest BCUT2D eigenvalue weighted by atomic mass is 16.1. The predicted octanol–water partition coefficient (Wildman–Crippen LogP) is 1.40. The van der Waals surface area contributed by atoms with Crippen LogP contribution in [0.3, 0.4) is 0 Å². The minimum absolute atomic E-state index is 0.0806. The summed E-state index contributed by atoms with van der Waals surface area (Å²) in [6, 6.07) is 10.7. The molecule has 2 aliphatic heterocycles. The maximum atomic E-state index is 12.5. The molecule has 1 N–H and O–H groups in total. The van der Waals surface area contributed by atoms with E-state index >= 15 is 0 Å². The van der Waals surface area contributed by atoms with Crippen molar-refractivity contribution < 1.29 is 4.79 Å². The van der Waals surface area contributed by atoms with E-state index in [0.29, 0.717) is 6.42 Å². The van der Waals surface area contributed by atoms with Crippen molar-refractivity contribution in [1.29, 1.82) is 0 Å². The molecule has 0 spiro atoms. The number of hydrogen-bond donors (Lipinski definition) is 1.